The molecule has 0 amide bonds. The number of fused-ring (bicyclic) bond motifs is 3. The van der Waals surface area contributed by atoms with E-state index in [0.717, 1.165) is 78.8 Å². The lowest BCUT2D eigenvalue weighted by Crippen LogP contribution is -2.10. The van der Waals surface area contributed by atoms with Gasteiger partial charge in [-0.05, 0) is 106 Å². The van der Waals surface area contributed by atoms with Crippen molar-refractivity contribution in [2.24, 2.45) is 0 Å². The summed E-state index contributed by atoms with van der Waals surface area (Å²) in [6, 6.07) is 94.6. The Hall–Kier alpha value is -9.12. The Bertz CT molecular complexity index is 3380. The summed E-state index contributed by atoms with van der Waals surface area (Å²) in [6.45, 7) is 0. The van der Waals surface area contributed by atoms with Crippen LogP contribution in [0.4, 0.5) is 34.1 Å². The zero-order valence-electron chi connectivity index (χ0n) is 37.2. The minimum absolute atomic E-state index is 0.848. The largest absolute Gasteiger partial charge is 0.310 e. The van der Waals surface area contributed by atoms with E-state index in [4.69, 9.17) is 9.97 Å². The van der Waals surface area contributed by atoms with Gasteiger partial charge in [0.15, 0.2) is 0 Å². The van der Waals surface area contributed by atoms with Crippen molar-refractivity contribution < 1.29 is 0 Å². The predicted molar refractivity (Wildman–Crippen MR) is 286 cm³/mol. The van der Waals surface area contributed by atoms with E-state index in [2.05, 4.69) is 252 Å². The van der Waals surface area contributed by atoms with E-state index in [-0.39, 0.29) is 0 Å². The van der Waals surface area contributed by atoms with Crippen molar-refractivity contribution >= 4 is 66.7 Å². The van der Waals surface area contributed by atoms with Crippen LogP contribution in [0, 0.1) is 0 Å². The molecule has 0 aliphatic carbocycles. The molecular formula is C64H44N4. The number of aromatic nitrogens is 2. The van der Waals surface area contributed by atoms with Crippen molar-refractivity contribution in [3.63, 3.8) is 0 Å². The van der Waals surface area contributed by atoms with Gasteiger partial charge in [0.05, 0.1) is 33.8 Å². The van der Waals surface area contributed by atoms with Crippen LogP contribution in [0.1, 0.15) is 0 Å². The van der Waals surface area contributed by atoms with Crippen molar-refractivity contribution in [3.8, 4) is 44.8 Å². The predicted octanol–water partition coefficient (Wildman–Crippen LogP) is 17.5. The summed E-state index contributed by atoms with van der Waals surface area (Å²) in [5.74, 6) is 0. The maximum absolute atomic E-state index is 5.29. The lowest BCUT2D eigenvalue weighted by atomic mass is 9.94. The minimum atomic E-state index is 0.848. The zero-order chi connectivity index (χ0) is 45.2. The minimum Gasteiger partial charge on any atom is -0.310 e. The van der Waals surface area contributed by atoms with Gasteiger partial charge in [0, 0.05) is 44.6 Å². The van der Waals surface area contributed by atoms with Gasteiger partial charge in [-0.25, -0.2) is 9.97 Å². The molecule has 12 rings (SSSR count). The van der Waals surface area contributed by atoms with Crippen LogP contribution in [0.5, 0.6) is 0 Å². The molecule has 0 aliphatic rings. The van der Waals surface area contributed by atoms with Gasteiger partial charge in [0.1, 0.15) is 0 Å². The van der Waals surface area contributed by atoms with E-state index in [1.54, 1.807) is 0 Å². The Labute approximate surface area is 396 Å². The fraction of sp³-hybridized carbons (Fsp3) is 0. The van der Waals surface area contributed by atoms with Crippen LogP contribution >= 0.6 is 0 Å². The fourth-order valence-corrected chi connectivity index (χ4v) is 9.66. The summed E-state index contributed by atoms with van der Waals surface area (Å²) >= 11 is 0. The molecule has 4 heteroatoms. The molecule has 0 saturated carbocycles. The first-order chi connectivity index (χ1) is 33.7. The van der Waals surface area contributed by atoms with Gasteiger partial charge in [-0.15, -0.1) is 0 Å². The highest BCUT2D eigenvalue weighted by molar-refractivity contribution is 6.07. The smallest absolute Gasteiger partial charge is 0.0973 e. The van der Waals surface area contributed by atoms with Gasteiger partial charge in [-0.3, -0.25) is 0 Å². The molecule has 0 aliphatic heterocycles. The van der Waals surface area contributed by atoms with E-state index in [1.807, 2.05) is 24.3 Å². The topological polar surface area (TPSA) is 32.3 Å². The summed E-state index contributed by atoms with van der Waals surface area (Å²) in [7, 11) is 0. The van der Waals surface area contributed by atoms with E-state index >= 15 is 0 Å². The molecule has 11 aromatic carbocycles. The quantitative estimate of drug-likeness (QED) is 0.137. The van der Waals surface area contributed by atoms with Crippen LogP contribution in [0.25, 0.3) is 77.3 Å². The van der Waals surface area contributed by atoms with E-state index in [1.165, 1.54) is 32.7 Å². The molecule has 12 aromatic rings. The molecule has 0 N–H and O–H groups in total. The molecule has 0 bridgehead atoms. The lowest BCUT2D eigenvalue weighted by molar-refractivity contribution is 1.29. The SMILES string of the molecule is c1ccc(N(c2ccccc2)c2cccc3c(-c4ccc(-c5nc6ccccc6nc5-c5ccc(-c6cccc7c(N(c8ccccc8)c8ccccc8)cccc67)cc5)cc4)cccc23)cc1. The Morgan fingerprint density at radius 3 is 0.868 bits per heavy atom. The first-order valence-electron chi connectivity index (χ1n) is 23.1. The molecule has 1 aromatic heterocycles. The molecule has 320 valence electrons. The first kappa shape index (κ1) is 40.4. The van der Waals surface area contributed by atoms with E-state index in [0.29, 0.717) is 0 Å². The summed E-state index contributed by atoms with van der Waals surface area (Å²) in [5.41, 5.74) is 16.8. The summed E-state index contributed by atoms with van der Waals surface area (Å²) < 4.78 is 0. The molecule has 1 heterocycles. The Kier molecular flexibility index (Phi) is 10.5. The summed E-state index contributed by atoms with van der Waals surface area (Å²) in [6.07, 6.45) is 0. The molecule has 0 unspecified atom stereocenters. The third-order valence-electron chi connectivity index (χ3n) is 12.8. The van der Waals surface area contributed by atoms with Crippen LogP contribution in [0.15, 0.2) is 267 Å². The maximum atomic E-state index is 5.29. The number of para-hydroxylation sites is 6. The van der Waals surface area contributed by atoms with Gasteiger partial charge in [0.2, 0.25) is 0 Å². The Balaban J connectivity index is 0.909. The fourth-order valence-electron chi connectivity index (χ4n) is 9.66. The Morgan fingerprint density at radius 2 is 0.515 bits per heavy atom. The number of benzene rings is 11. The zero-order valence-corrected chi connectivity index (χ0v) is 37.2. The monoisotopic (exact) mass is 868 g/mol. The molecule has 0 spiro atoms. The normalized spacial score (nSPS) is 11.2. The third-order valence-corrected chi connectivity index (χ3v) is 12.8. The molecule has 0 radical (unpaired) electrons. The molecule has 0 atom stereocenters. The number of rotatable bonds is 10. The van der Waals surface area contributed by atoms with Crippen molar-refractivity contribution in [2.45, 2.75) is 0 Å². The summed E-state index contributed by atoms with van der Waals surface area (Å²) in [5, 5.41) is 4.73. The third kappa shape index (κ3) is 7.50. The van der Waals surface area contributed by atoms with Gasteiger partial charge in [0.25, 0.3) is 0 Å². The van der Waals surface area contributed by atoms with Gasteiger partial charge < -0.3 is 9.80 Å². The van der Waals surface area contributed by atoms with Crippen molar-refractivity contribution in [1.82, 2.24) is 9.97 Å². The standard InChI is InChI=1S/C64H44N4/c1-5-19-49(20-6-1)67(50-21-7-2-8-22-50)61-35-17-29-55-53(27-15-31-57(55)61)45-37-41-47(42-38-45)63-64(66-60-34-14-13-33-59(60)65-63)48-43-39-46(40-44-48)54-28-16-32-58-56(54)30-18-36-62(58)68(51-23-9-3-10-24-51)52-25-11-4-12-26-52/h1-44H. The van der Waals surface area contributed by atoms with E-state index in [9.17, 15) is 0 Å². The van der Waals surface area contributed by atoms with Crippen molar-refractivity contribution in [1.29, 1.82) is 0 Å². The highest BCUT2D eigenvalue weighted by Gasteiger charge is 2.20. The number of anilines is 6. The lowest BCUT2D eigenvalue weighted by Gasteiger charge is -2.27. The van der Waals surface area contributed by atoms with Crippen LogP contribution in [-0.2, 0) is 0 Å². The molecular weight excluding hydrogens is 825 g/mol. The second kappa shape index (κ2) is 17.7. The molecule has 68 heavy (non-hydrogen) atoms. The number of hydrogen-bond acceptors (Lipinski definition) is 4. The van der Waals surface area contributed by atoms with Crippen LogP contribution in [0.2, 0.25) is 0 Å². The summed E-state index contributed by atoms with van der Waals surface area (Å²) in [4.78, 5) is 15.3. The van der Waals surface area contributed by atoms with Crippen LogP contribution in [-0.4, -0.2) is 9.97 Å². The number of nitrogens with zero attached hydrogens (tertiary/aromatic N) is 4. The average molecular weight is 869 g/mol. The number of hydrogen-bond donors (Lipinski definition) is 0. The van der Waals surface area contributed by atoms with Crippen molar-refractivity contribution in [2.75, 3.05) is 9.80 Å². The van der Waals surface area contributed by atoms with Crippen LogP contribution in [0.3, 0.4) is 0 Å². The second-order valence-corrected chi connectivity index (χ2v) is 16.9. The highest BCUT2D eigenvalue weighted by atomic mass is 15.1. The molecule has 0 fully saturated rings. The van der Waals surface area contributed by atoms with E-state index < -0.39 is 0 Å². The average Bonchev–Trinajstić information content (AvgIpc) is 3.42. The van der Waals surface area contributed by atoms with Gasteiger partial charge in [-0.1, -0.05) is 194 Å². The second-order valence-electron chi connectivity index (χ2n) is 16.9. The molecule has 0 saturated heterocycles. The molecule has 4 nitrogen and oxygen atoms in total. The van der Waals surface area contributed by atoms with Crippen molar-refractivity contribution in [3.05, 3.63) is 267 Å². The van der Waals surface area contributed by atoms with Gasteiger partial charge in [-0.2, -0.15) is 0 Å². The van der Waals surface area contributed by atoms with Gasteiger partial charge >= 0.3 is 0 Å². The highest BCUT2D eigenvalue weighted by Crippen LogP contribution is 2.44. The Morgan fingerprint density at radius 1 is 0.221 bits per heavy atom. The first-order valence-corrected chi connectivity index (χ1v) is 23.1. The van der Waals surface area contributed by atoms with Crippen LogP contribution < -0.4 is 9.80 Å². The maximum Gasteiger partial charge on any atom is 0.0973 e.